The number of carbonyl (C=O) groups excluding carboxylic acids is 2. The van der Waals surface area contributed by atoms with E-state index in [0.717, 1.165) is 22.4 Å². The van der Waals surface area contributed by atoms with Crippen molar-refractivity contribution in [2.45, 2.75) is 43.7 Å². The summed E-state index contributed by atoms with van der Waals surface area (Å²) >= 11 is 0. The van der Waals surface area contributed by atoms with Crippen LogP contribution in [0.3, 0.4) is 0 Å². The van der Waals surface area contributed by atoms with E-state index in [1.807, 2.05) is 37.3 Å². The molecule has 0 fully saturated rings. The Bertz CT molecular complexity index is 1740. The number of anilines is 1. The van der Waals surface area contributed by atoms with Crippen molar-refractivity contribution in [2.24, 2.45) is 0 Å². The van der Waals surface area contributed by atoms with Crippen LogP contribution < -0.4 is 9.62 Å². The van der Waals surface area contributed by atoms with Gasteiger partial charge in [0.1, 0.15) is 18.4 Å². The van der Waals surface area contributed by atoms with Crippen molar-refractivity contribution >= 4 is 33.2 Å². The van der Waals surface area contributed by atoms with Gasteiger partial charge in [0.25, 0.3) is 15.7 Å². The molecule has 4 aromatic carbocycles. The van der Waals surface area contributed by atoms with E-state index in [-0.39, 0.29) is 29.2 Å². The van der Waals surface area contributed by atoms with Crippen molar-refractivity contribution in [3.05, 3.63) is 136 Å². The molecule has 10 nitrogen and oxygen atoms in total. The van der Waals surface area contributed by atoms with E-state index in [2.05, 4.69) is 5.32 Å². The molecule has 0 radical (unpaired) electrons. The molecule has 0 unspecified atom stereocenters. The second kappa shape index (κ2) is 15.8. The molecule has 0 aromatic heterocycles. The van der Waals surface area contributed by atoms with Crippen LogP contribution >= 0.6 is 0 Å². The second-order valence-electron chi connectivity index (χ2n) is 10.6. The summed E-state index contributed by atoms with van der Waals surface area (Å²) in [4.78, 5) is 40.2. The van der Waals surface area contributed by atoms with E-state index < -0.39 is 45.2 Å². The van der Waals surface area contributed by atoms with E-state index in [1.54, 1.807) is 6.07 Å². The minimum absolute atomic E-state index is 0.0971. The highest BCUT2D eigenvalue weighted by molar-refractivity contribution is 7.92. The molecule has 0 heterocycles. The van der Waals surface area contributed by atoms with Crippen molar-refractivity contribution in [3.63, 3.8) is 0 Å². The molecular weight excluding hydrogens is 611 g/mol. The Morgan fingerprint density at radius 1 is 0.891 bits per heavy atom. The molecule has 12 heteroatoms. The van der Waals surface area contributed by atoms with E-state index >= 15 is 0 Å². The summed E-state index contributed by atoms with van der Waals surface area (Å²) in [6, 6.07) is 25.9. The van der Waals surface area contributed by atoms with Gasteiger partial charge < -0.3 is 10.2 Å². The van der Waals surface area contributed by atoms with Crippen LogP contribution in [-0.4, -0.2) is 49.2 Å². The number of unbranched alkanes of at least 4 members (excludes halogenated alkanes) is 1. The van der Waals surface area contributed by atoms with Gasteiger partial charge >= 0.3 is 0 Å². The van der Waals surface area contributed by atoms with E-state index in [0.29, 0.717) is 18.5 Å². The molecule has 0 aliphatic heterocycles. The topological polar surface area (TPSA) is 130 Å². The largest absolute Gasteiger partial charge is 0.354 e. The number of hydrogen-bond donors (Lipinski definition) is 1. The lowest BCUT2D eigenvalue weighted by Crippen LogP contribution is -2.53. The van der Waals surface area contributed by atoms with Crippen molar-refractivity contribution < 1.29 is 27.3 Å². The van der Waals surface area contributed by atoms with Crippen LogP contribution in [0.4, 0.5) is 15.8 Å². The van der Waals surface area contributed by atoms with Crippen molar-refractivity contribution in [1.82, 2.24) is 10.2 Å². The molecule has 4 rings (SSSR count). The Morgan fingerprint density at radius 2 is 1.54 bits per heavy atom. The highest BCUT2D eigenvalue weighted by Crippen LogP contribution is 2.28. The quantitative estimate of drug-likeness (QED) is 0.103. The number of hydrogen-bond acceptors (Lipinski definition) is 6. The minimum Gasteiger partial charge on any atom is -0.354 e. The first kappa shape index (κ1) is 33.8. The summed E-state index contributed by atoms with van der Waals surface area (Å²) in [5.41, 5.74) is 0.822. The first-order valence-electron chi connectivity index (χ1n) is 14.8. The lowest BCUT2D eigenvalue weighted by molar-refractivity contribution is -0.384. The molecule has 0 aliphatic carbocycles. The molecule has 2 amide bonds. The third kappa shape index (κ3) is 8.75. The average Bonchev–Trinajstić information content (AvgIpc) is 3.06. The van der Waals surface area contributed by atoms with Gasteiger partial charge in [-0.3, -0.25) is 24.0 Å². The van der Waals surface area contributed by atoms with E-state index in [1.165, 1.54) is 71.6 Å². The fourth-order valence-corrected chi connectivity index (χ4v) is 6.28. The van der Waals surface area contributed by atoms with Gasteiger partial charge in [-0.1, -0.05) is 80.1 Å². The number of nitrogens with zero attached hydrogens (tertiary/aromatic N) is 3. The van der Waals surface area contributed by atoms with Gasteiger partial charge in [-0.2, -0.15) is 0 Å². The summed E-state index contributed by atoms with van der Waals surface area (Å²) in [7, 11) is -4.41. The van der Waals surface area contributed by atoms with Crippen LogP contribution in [-0.2, 0) is 32.6 Å². The number of rotatable bonds is 15. The second-order valence-corrected chi connectivity index (χ2v) is 12.5. The third-order valence-electron chi connectivity index (χ3n) is 7.31. The number of nitrogens with one attached hydrogen (secondary N) is 1. The first-order chi connectivity index (χ1) is 22.1. The molecule has 1 atom stereocenters. The Balaban J connectivity index is 1.81. The summed E-state index contributed by atoms with van der Waals surface area (Å²) in [5, 5.41) is 14.5. The van der Waals surface area contributed by atoms with Gasteiger partial charge in [0.15, 0.2) is 0 Å². The van der Waals surface area contributed by atoms with Gasteiger partial charge in [0, 0.05) is 31.6 Å². The number of halogens is 1. The lowest BCUT2D eigenvalue weighted by atomic mass is 10.0. The molecule has 0 aliphatic rings. The van der Waals surface area contributed by atoms with E-state index in [4.69, 9.17) is 0 Å². The average molecular weight is 647 g/mol. The number of carbonyl (C=O) groups is 2. The number of benzene rings is 4. The number of non-ortho nitro benzene ring substituents is 1. The molecule has 240 valence electrons. The molecule has 1 N–H and O–H groups in total. The Kier molecular flexibility index (Phi) is 11.6. The fraction of sp³-hybridized carbons (Fsp3) is 0.235. The van der Waals surface area contributed by atoms with Crippen LogP contribution in [0.25, 0.3) is 0 Å². The molecule has 0 saturated carbocycles. The summed E-state index contributed by atoms with van der Waals surface area (Å²) in [6.07, 6.45) is 1.66. The Morgan fingerprint density at radius 3 is 2.17 bits per heavy atom. The van der Waals surface area contributed by atoms with Gasteiger partial charge in [-0.15, -0.1) is 0 Å². The maximum Gasteiger partial charge on any atom is 0.271 e. The normalized spacial score (nSPS) is 11.8. The summed E-state index contributed by atoms with van der Waals surface area (Å²) in [6.45, 7) is 1.45. The molecule has 0 saturated heterocycles. The van der Waals surface area contributed by atoms with Crippen molar-refractivity contribution in [3.8, 4) is 0 Å². The Labute approximate surface area is 267 Å². The highest BCUT2D eigenvalue weighted by Gasteiger charge is 2.35. The molecular formula is C34H35FN4O6S. The number of sulfonamides is 1. The molecule has 0 bridgehead atoms. The number of nitro benzene ring substituents is 1. The van der Waals surface area contributed by atoms with Gasteiger partial charge in [-0.25, -0.2) is 12.8 Å². The third-order valence-corrected chi connectivity index (χ3v) is 9.09. The van der Waals surface area contributed by atoms with Crippen LogP contribution in [0.5, 0.6) is 0 Å². The number of nitro groups is 1. The smallest absolute Gasteiger partial charge is 0.271 e. The minimum atomic E-state index is -4.41. The Hall–Kier alpha value is -5.10. The van der Waals surface area contributed by atoms with Crippen LogP contribution in [0.15, 0.2) is 114 Å². The maximum absolute atomic E-state index is 14.4. The zero-order chi connectivity index (χ0) is 33.1. The van der Waals surface area contributed by atoms with Crippen molar-refractivity contribution in [2.75, 3.05) is 17.4 Å². The monoisotopic (exact) mass is 646 g/mol. The van der Waals surface area contributed by atoms with E-state index in [9.17, 15) is 32.5 Å². The zero-order valence-corrected chi connectivity index (χ0v) is 26.1. The summed E-state index contributed by atoms with van der Waals surface area (Å²) < 4.78 is 42.6. The summed E-state index contributed by atoms with van der Waals surface area (Å²) in [5.74, 6) is -1.65. The molecule has 0 spiro atoms. The fourth-order valence-electron chi connectivity index (χ4n) is 4.86. The lowest BCUT2D eigenvalue weighted by Gasteiger charge is -2.34. The van der Waals surface area contributed by atoms with Gasteiger partial charge in [0.2, 0.25) is 11.8 Å². The SMILES string of the molecule is CCCCNC(=O)[C@H](Cc1ccccc1)N(Cc1ccc(F)cc1)C(=O)CN(c1cccc([N+](=O)[O-])c1)S(=O)(=O)c1ccccc1. The molecule has 46 heavy (non-hydrogen) atoms. The predicted octanol–water partition coefficient (Wildman–Crippen LogP) is 5.49. The number of amides is 2. The van der Waals surface area contributed by atoms with Gasteiger partial charge in [0.05, 0.1) is 15.5 Å². The maximum atomic E-state index is 14.4. The zero-order valence-electron chi connectivity index (χ0n) is 25.3. The van der Waals surface area contributed by atoms with Gasteiger partial charge in [-0.05, 0) is 47.9 Å². The van der Waals surface area contributed by atoms with Crippen LogP contribution in [0, 0.1) is 15.9 Å². The standard InChI is InChI=1S/C34H35FN4O6S/c1-2-3-21-36-34(41)32(22-26-11-6-4-7-12-26)37(24-27-17-19-28(35)20-18-27)33(40)25-38(29-13-10-14-30(23-29)39(42)43)46(44,45)31-15-8-5-9-16-31/h4-20,23,32H,2-3,21-22,24-25H2,1H3,(H,36,41)/t32-/m0/s1. The van der Waals surface area contributed by atoms with Crippen LogP contribution in [0.1, 0.15) is 30.9 Å². The van der Waals surface area contributed by atoms with Crippen molar-refractivity contribution in [1.29, 1.82) is 0 Å². The first-order valence-corrected chi connectivity index (χ1v) is 16.2. The molecule has 4 aromatic rings. The van der Waals surface area contributed by atoms with Crippen LogP contribution in [0.2, 0.25) is 0 Å². The highest BCUT2D eigenvalue weighted by atomic mass is 32.2. The predicted molar refractivity (Wildman–Crippen MR) is 173 cm³/mol.